The monoisotopic (exact) mass is 300 g/mol. The molecule has 2 aromatic heterocycles. The van der Waals surface area contributed by atoms with E-state index in [0.717, 1.165) is 0 Å². The molecule has 7 nitrogen and oxygen atoms in total. The van der Waals surface area contributed by atoms with E-state index in [1.807, 2.05) is 6.92 Å². The number of nitrogens with one attached hydrogen (secondary N) is 2. The van der Waals surface area contributed by atoms with Gasteiger partial charge in [0.15, 0.2) is 0 Å². The minimum absolute atomic E-state index is 0.155. The van der Waals surface area contributed by atoms with Crippen molar-refractivity contribution < 1.29 is 14.3 Å². The third-order valence-electron chi connectivity index (χ3n) is 2.70. The fourth-order valence-electron chi connectivity index (χ4n) is 1.71. The van der Waals surface area contributed by atoms with Crippen LogP contribution in [0.4, 0.5) is 5.69 Å². The minimum atomic E-state index is -0.755. The molecule has 0 radical (unpaired) electrons. The summed E-state index contributed by atoms with van der Waals surface area (Å²) < 4.78 is 5.35. The quantitative estimate of drug-likeness (QED) is 0.807. The van der Waals surface area contributed by atoms with Crippen molar-refractivity contribution >= 4 is 17.5 Å². The number of hydrogen-bond acceptors (Lipinski definition) is 5. The van der Waals surface area contributed by atoms with Crippen molar-refractivity contribution in [1.29, 1.82) is 0 Å². The maximum absolute atomic E-state index is 11.8. The Morgan fingerprint density at radius 3 is 2.73 bits per heavy atom. The van der Waals surface area contributed by atoms with Crippen molar-refractivity contribution in [2.75, 3.05) is 11.9 Å². The van der Waals surface area contributed by atoms with Gasteiger partial charge in [-0.1, -0.05) is 6.07 Å². The first-order chi connectivity index (χ1) is 10.7. The first kappa shape index (κ1) is 15.4. The molecule has 2 amide bonds. The van der Waals surface area contributed by atoms with Crippen molar-refractivity contribution in [3.05, 3.63) is 48.4 Å². The van der Waals surface area contributed by atoms with Gasteiger partial charge in [-0.25, -0.2) is 4.98 Å². The molecular formula is C15H16N4O3. The lowest BCUT2D eigenvalue weighted by molar-refractivity contribution is -0.136. The van der Waals surface area contributed by atoms with Gasteiger partial charge in [-0.15, -0.1) is 0 Å². The molecule has 7 heteroatoms. The van der Waals surface area contributed by atoms with Gasteiger partial charge in [0, 0.05) is 24.5 Å². The van der Waals surface area contributed by atoms with Crippen LogP contribution in [0.1, 0.15) is 12.5 Å². The van der Waals surface area contributed by atoms with Crippen molar-refractivity contribution in [1.82, 2.24) is 15.3 Å². The molecule has 0 unspecified atom stereocenters. The highest BCUT2D eigenvalue weighted by atomic mass is 16.5. The second-order valence-electron chi connectivity index (χ2n) is 4.28. The molecule has 0 atom stereocenters. The molecule has 0 fully saturated rings. The average Bonchev–Trinajstić information content (AvgIpc) is 2.55. The number of rotatable bonds is 5. The summed E-state index contributed by atoms with van der Waals surface area (Å²) in [5.41, 5.74) is 1.16. The first-order valence-electron chi connectivity index (χ1n) is 6.76. The van der Waals surface area contributed by atoms with Gasteiger partial charge in [0.1, 0.15) is 0 Å². The van der Waals surface area contributed by atoms with Crippen molar-refractivity contribution in [3.8, 4) is 5.88 Å². The summed E-state index contributed by atoms with van der Waals surface area (Å²) in [4.78, 5) is 31.5. The number of amides is 2. The maximum atomic E-state index is 11.8. The molecule has 2 rings (SSSR count). The van der Waals surface area contributed by atoms with E-state index >= 15 is 0 Å². The van der Waals surface area contributed by atoms with Crippen molar-refractivity contribution in [2.24, 2.45) is 0 Å². The normalized spacial score (nSPS) is 9.86. The number of anilines is 1. The Morgan fingerprint density at radius 1 is 1.18 bits per heavy atom. The second kappa shape index (κ2) is 7.72. The van der Waals surface area contributed by atoms with Crippen LogP contribution in [0.25, 0.3) is 0 Å². The van der Waals surface area contributed by atoms with Gasteiger partial charge < -0.3 is 15.4 Å². The SMILES string of the molecule is CCOc1ncccc1CNC(=O)C(=O)Nc1cccnc1. The molecule has 22 heavy (non-hydrogen) atoms. The Morgan fingerprint density at radius 2 is 2.00 bits per heavy atom. The summed E-state index contributed by atoms with van der Waals surface area (Å²) in [7, 11) is 0. The molecule has 2 N–H and O–H groups in total. The third-order valence-corrected chi connectivity index (χ3v) is 2.70. The Hall–Kier alpha value is -2.96. The van der Waals surface area contributed by atoms with Gasteiger partial charge in [-0.05, 0) is 25.1 Å². The zero-order chi connectivity index (χ0) is 15.8. The van der Waals surface area contributed by atoms with Crippen LogP contribution in [0, 0.1) is 0 Å². The van der Waals surface area contributed by atoms with E-state index in [4.69, 9.17) is 4.74 Å². The molecule has 0 aliphatic carbocycles. The third kappa shape index (κ3) is 4.27. The van der Waals surface area contributed by atoms with Crippen LogP contribution < -0.4 is 15.4 Å². The van der Waals surface area contributed by atoms with Crippen LogP contribution in [-0.2, 0) is 16.1 Å². The van der Waals surface area contributed by atoms with Gasteiger partial charge in [-0.2, -0.15) is 0 Å². The highest BCUT2D eigenvalue weighted by Gasteiger charge is 2.14. The smallest absolute Gasteiger partial charge is 0.313 e. The van der Waals surface area contributed by atoms with Gasteiger partial charge in [0.05, 0.1) is 18.5 Å². The van der Waals surface area contributed by atoms with Crippen LogP contribution >= 0.6 is 0 Å². The van der Waals surface area contributed by atoms with Gasteiger partial charge in [0.25, 0.3) is 0 Å². The molecule has 0 aliphatic rings. The molecule has 0 saturated carbocycles. The van der Waals surface area contributed by atoms with E-state index in [1.165, 1.54) is 6.20 Å². The molecule has 0 saturated heterocycles. The molecule has 0 spiro atoms. The highest BCUT2D eigenvalue weighted by molar-refractivity contribution is 6.39. The average molecular weight is 300 g/mol. The van der Waals surface area contributed by atoms with Gasteiger partial charge >= 0.3 is 11.8 Å². The van der Waals surface area contributed by atoms with E-state index in [1.54, 1.807) is 36.7 Å². The van der Waals surface area contributed by atoms with E-state index in [0.29, 0.717) is 23.7 Å². The summed E-state index contributed by atoms with van der Waals surface area (Å²) in [6.45, 7) is 2.47. The summed E-state index contributed by atoms with van der Waals surface area (Å²) in [6.07, 6.45) is 4.64. The predicted octanol–water partition coefficient (Wildman–Crippen LogP) is 1.13. The van der Waals surface area contributed by atoms with E-state index in [2.05, 4.69) is 20.6 Å². The molecule has 0 aromatic carbocycles. The molecule has 2 aromatic rings. The first-order valence-corrected chi connectivity index (χ1v) is 6.76. The number of carbonyl (C=O) groups is 2. The minimum Gasteiger partial charge on any atom is -0.478 e. The zero-order valence-corrected chi connectivity index (χ0v) is 12.1. The fraction of sp³-hybridized carbons (Fsp3) is 0.200. The summed E-state index contributed by atoms with van der Waals surface area (Å²) in [5.74, 6) is -1.05. The lowest BCUT2D eigenvalue weighted by atomic mass is 10.2. The van der Waals surface area contributed by atoms with Crippen LogP contribution in [0.2, 0.25) is 0 Å². The van der Waals surface area contributed by atoms with Crippen LogP contribution in [0.5, 0.6) is 5.88 Å². The number of carbonyl (C=O) groups excluding carboxylic acids is 2. The maximum Gasteiger partial charge on any atom is 0.313 e. The Bertz CT molecular complexity index is 646. The van der Waals surface area contributed by atoms with Gasteiger partial charge in [0.2, 0.25) is 5.88 Å². The standard InChI is InChI=1S/C15H16N4O3/c1-2-22-15-11(5-3-8-17-15)9-18-13(20)14(21)19-12-6-4-7-16-10-12/h3-8,10H,2,9H2,1H3,(H,18,20)(H,19,21). The lowest BCUT2D eigenvalue weighted by Gasteiger charge is -2.09. The molecular weight excluding hydrogens is 284 g/mol. The van der Waals surface area contributed by atoms with E-state index in [-0.39, 0.29) is 6.54 Å². The Labute approximate surface area is 127 Å². The van der Waals surface area contributed by atoms with E-state index in [9.17, 15) is 9.59 Å². The van der Waals surface area contributed by atoms with Crippen LogP contribution in [0.15, 0.2) is 42.9 Å². The van der Waals surface area contributed by atoms with Crippen LogP contribution in [-0.4, -0.2) is 28.4 Å². The zero-order valence-electron chi connectivity index (χ0n) is 12.1. The number of hydrogen-bond donors (Lipinski definition) is 2. The number of nitrogens with zero attached hydrogens (tertiary/aromatic N) is 2. The molecule has 114 valence electrons. The topological polar surface area (TPSA) is 93.2 Å². The number of pyridine rings is 2. The lowest BCUT2D eigenvalue weighted by Crippen LogP contribution is -2.35. The second-order valence-corrected chi connectivity index (χ2v) is 4.28. The molecule has 2 heterocycles. The van der Waals surface area contributed by atoms with E-state index < -0.39 is 11.8 Å². The van der Waals surface area contributed by atoms with Crippen molar-refractivity contribution in [3.63, 3.8) is 0 Å². The molecule has 0 aliphatic heterocycles. The largest absolute Gasteiger partial charge is 0.478 e. The van der Waals surface area contributed by atoms with Crippen molar-refractivity contribution in [2.45, 2.75) is 13.5 Å². The Balaban J connectivity index is 1.91. The summed E-state index contributed by atoms with van der Waals surface area (Å²) >= 11 is 0. The predicted molar refractivity (Wildman–Crippen MR) is 80.1 cm³/mol. The highest BCUT2D eigenvalue weighted by Crippen LogP contribution is 2.13. The number of aromatic nitrogens is 2. The molecule has 0 bridgehead atoms. The Kier molecular flexibility index (Phi) is 5.42. The van der Waals surface area contributed by atoms with Crippen LogP contribution in [0.3, 0.4) is 0 Å². The summed E-state index contributed by atoms with van der Waals surface area (Å²) in [5, 5.41) is 4.98. The summed E-state index contributed by atoms with van der Waals surface area (Å²) in [6, 6.07) is 6.82. The number of ether oxygens (including phenoxy) is 1. The van der Waals surface area contributed by atoms with Gasteiger partial charge in [-0.3, -0.25) is 14.6 Å². The fourth-order valence-corrected chi connectivity index (χ4v) is 1.71.